The Balaban J connectivity index is 2.34. The van der Waals surface area contributed by atoms with Crippen LogP contribution in [0.3, 0.4) is 0 Å². The molecule has 0 spiro atoms. The molecule has 0 radical (unpaired) electrons. The third kappa shape index (κ3) is 5.97. The highest BCUT2D eigenvalue weighted by molar-refractivity contribution is 6.49. The normalized spacial score (nSPS) is 10.9. The van der Waals surface area contributed by atoms with Crippen LogP contribution in [0.15, 0.2) is 0 Å². The van der Waals surface area contributed by atoms with Crippen LogP contribution in [-0.2, 0) is 0 Å². The average Bonchev–Trinajstić information content (AvgIpc) is 2.95. The van der Waals surface area contributed by atoms with E-state index in [9.17, 15) is 42.6 Å². The predicted octanol–water partition coefficient (Wildman–Crippen LogP) is 8.79. The molecule has 0 fully saturated rings. The summed E-state index contributed by atoms with van der Waals surface area (Å²) in [6.07, 6.45) is 0. The van der Waals surface area contributed by atoms with Crippen LogP contribution in [0.4, 0.5) is 18.9 Å². The number of amides is 2. The van der Waals surface area contributed by atoms with E-state index in [1.807, 2.05) is 0 Å². The molecule has 19 heteroatoms. The Bertz CT molecular complexity index is 1760. The number of halogens is 10. The second-order valence-electron chi connectivity index (χ2n) is 8.04. The van der Waals surface area contributed by atoms with E-state index in [2.05, 4.69) is 5.32 Å². The average molecular weight is 744 g/mol. The largest absolute Gasteiger partial charge is 0.478 e. The maximum atomic E-state index is 14.7. The van der Waals surface area contributed by atoms with Crippen molar-refractivity contribution in [3.8, 4) is 11.5 Å². The zero-order valence-corrected chi connectivity index (χ0v) is 26.0. The summed E-state index contributed by atoms with van der Waals surface area (Å²) in [5, 5.41) is 17.2. The van der Waals surface area contributed by atoms with Gasteiger partial charge in [0.05, 0.1) is 42.3 Å². The third-order valence-electron chi connectivity index (χ3n) is 5.60. The highest BCUT2D eigenvalue weighted by Crippen LogP contribution is 2.51. The second-order valence-corrected chi connectivity index (χ2v) is 10.7. The fourth-order valence-electron chi connectivity index (χ4n) is 3.55. The molecule has 4 N–H and O–H groups in total. The highest BCUT2D eigenvalue weighted by Gasteiger charge is 2.35. The number of carbonyl (C=O) groups is 4. The lowest BCUT2D eigenvalue weighted by atomic mass is 10.0. The highest BCUT2D eigenvalue weighted by atomic mass is 35.5. The lowest BCUT2D eigenvalue weighted by molar-refractivity contribution is 0.0683. The maximum Gasteiger partial charge on any atom is 0.338 e. The van der Waals surface area contributed by atoms with E-state index < -0.39 is 121 Å². The van der Waals surface area contributed by atoms with E-state index in [-0.39, 0.29) is 0 Å². The van der Waals surface area contributed by atoms with Gasteiger partial charge in [-0.3, -0.25) is 9.59 Å². The van der Waals surface area contributed by atoms with Gasteiger partial charge in [-0.25, -0.2) is 22.8 Å². The molecule has 9 nitrogen and oxygen atoms in total. The first-order chi connectivity index (χ1) is 19.9. The van der Waals surface area contributed by atoms with E-state index in [1.165, 1.54) is 0 Å². The standard InChI is InChI=1S/C24H10Cl7F3N2O7/c1-3-15(32)14(31)17(34)18(16(3)33)36-22(38)5-7(24(41)42)9(26)13(30)20(11(5)28)43-19-10(27)4(21(37)35-2)6(23(39)40)8(25)12(19)29/h1-2H3,(H,35,37)(H,36,38)(H,39,40)(H,41,42). The molecule has 228 valence electrons. The zero-order valence-electron chi connectivity index (χ0n) is 20.7. The lowest BCUT2D eigenvalue weighted by Crippen LogP contribution is -2.22. The molecule has 0 aliphatic heterocycles. The molecule has 0 saturated heterocycles. The first kappa shape index (κ1) is 34.6. The smallest absolute Gasteiger partial charge is 0.338 e. The van der Waals surface area contributed by atoms with E-state index in [1.54, 1.807) is 5.32 Å². The quantitative estimate of drug-likeness (QED) is 0.140. The Kier molecular flexibility index (Phi) is 10.5. The summed E-state index contributed by atoms with van der Waals surface area (Å²) < 4.78 is 48.9. The van der Waals surface area contributed by atoms with E-state index >= 15 is 0 Å². The van der Waals surface area contributed by atoms with Gasteiger partial charge in [-0.1, -0.05) is 81.2 Å². The fourth-order valence-corrected chi connectivity index (χ4v) is 5.49. The van der Waals surface area contributed by atoms with Crippen molar-refractivity contribution in [1.29, 1.82) is 0 Å². The monoisotopic (exact) mass is 740 g/mol. The summed E-state index contributed by atoms with van der Waals surface area (Å²) in [7, 11) is 1.14. The van der Waals surface area contributed by atoms with Gasteiger partial charge in [0.25, 0.3) is 11.8 Å². The lowest BCUT2D eigenvalue weighted by Gasteiger charge is -2.20. The number of nitrogens with one attached hydrogen (secondary N) is 2. The summed E-state index contributed by atoms with van der Waals surface area (Å²) >= 11 is 42.7. The van der Waals surface area contributed by atoms with Crippen molar-refractivity contribution in [2.24, 2.45) is 0 Å². The number of rotatable bonds is 7. The van der Waals surface area contributed by atoms with Gasteiger partial charge in [0.1, 0.15) is 20.8 Å². The molecule has 0 saturated carbocycles. The van der Waals surface area contributed by atoms with Crippen LogP contribution in [0.25, 0.3) is 0 Å². The minimum absolute atomic E-state index is 0.700. The Morgan fingerprint density at radius 3 is 1.42 bits per heavy atom. The molecule has 0 aromatic heterocycles. The molecule has 43 heavy (non-hydrogen) atoms. The van der Waals surface area contributed by atoms with Gasteiger partial charge in [-0.15, -0.1) is 0 Å². The predicted molar refractivity (Wildman–Crippen MR) is 154 cm³/mol. The Hall–Kier alpha value is -2.84. The minimum atomic E-state index is -1.90. The molecule has 0 atom stereocenters. The number of hydrogen-bond donors (Lipinski definition) is 4. The van der Waals surface area contributed by atoms with Crippen LogP contribution < -0.4 is 15.4 Å². The number of hydrogen-bond acceptors (Lipinski definition) is 5. The Morgan fingerprint density at radius 2 is 1.02 bits per heavy atom. The van der Waals surface area contributed by atoms with Crippen molar-refractivity contribution < 1.29 is 47.3 Å². The molecule has 3 aromatic carbocycles. The molecule has 0 bridgehead atoms. The van der Waals surface area contributed by atoms with Crippen LogP contribution in [0, 0.1) is 24.4 Å². The van der Waals surface area contributed by atoms with Crippen molar-refractivity contribution in [3.05, 3.63) is 80.4 Å². The number of carbonyl (C=O) groups excluding carboxylic acids is 2. The maximum absolute atomic E-state index is 14.7. The summed E-state index contributed by atoms with van der Waals surface area (Å²) in [4.78, 5) is 49.6. The van der Waals surface area contributed by atoms with Gasteiger partial charge in [-0.05, 0) is 6.92 Å². The third-order valence-corrected chi connectivity index (χ3v) is 8.32. The van der Waals surface area contributed by atoms with E-state index in [4.69, 9.17) is 85.9 Å². The summed E-state index contributed by atoms with van der Waals surface area (Å²) in [5.74, 6) is -12.7. The molecule has 0 heterocycles. The van der Waals surface area contributed by atoms with Gasteiger partial charge < -0.3 is 25.6 Å². The molecule has 2 amide bonds. The summed E-state index contributed by atoms with van der Waals surface area (Å²) in [6.45, 7) is 0.883. The van der Waals surface area contributed by atoms with Crippen molar-refractivity contribution in [1.82, 2.24) is 5.32 Å². The summed E-state index contributed by atoms with van der Waals surface area (Å²) in [6, 6.07) is 0. The van der Waals surface area contributed by atoms with Crippen LogP contribution in [-0.4, -0.2) is 41.0 Å². The van der Waals surface area contributed by atoms with E-state index in [0.29, 0.717) is 0 Å². The van der Waals surface area contributed by atoms with Crippen molar-refractivity contribution >= 4 is 111 Å². The van der Waals surface area contributed by atoms with E-state index in [0.717, 1.165) is 14.0 Å². The fraction of sp³-hybridized carbons (Fsp3) is 0.0833. The van der Waals surface area contributed by atoms with Crippen molar-refractivity contribution in [2.45, 2.75) is 6.92 Å². The van der Waals surface area contributed by atoms with Crippen molar-refractivity contribution in [2.75, 3.05) is 12.4 Å². The van der Waals surface area contributed by atoms with Gasteiger partial charge in [0.15, 0.2) is 29.0 Å². The second kappa shape index (κ2) is 13.0. The topological polar surface area (TPSA) is 142 Å². The number of carboxylic acid groups (broad SMARTS) is 2. The molecule has 0 aliphatic rings. The molecule has 0 unspecified atom stereocenters. The Labute approximate surface area is 273 Å². The van der Waals surface area contributed by atoms with Gasteiger partial charge in [0.2, 0.25) is 0 Å². The van der Waals surface area contributed by atoms with Gasteiger partial charge in [0, 0.05) is 12.6 Å². The SMILES string of the molecule is CNC(=O)c1c(Cl)c(Oc2c(Cl)c(Cl)c(C(=O)O)c(C(=O)Nc3c(F)c(C)c(F)c(Cl)c3F)c2Cl)c(Cl)c(Cl)c1C(=O)O. The first-order valence-electron chi connectivity index (χ1n) is 10.8. The molecule has 0 aliphatic carbocycles. The number of ether oxygens (including phenoxy) is 1. The van der Waals surface area contributed by atoms with Gasteiger partial charge in [-0.2, -0.15) is 0 Å². The molecular formula is C24H10Cl7F3N2O7. The van der Waals surface area contributed by atoms with Crippen LogP contribution in [0.2, 0.25) is 35.2 Å². The molecule has 3 aromatic rings. The first-order valence-corrected chi connectivity index (χ1v) is 13.5. The van der Waals surface area contributed by atoms with Gasteiger partial charge >= 0.3 is 11.9 Å². The number of carboxylic acids is 2. The van der Waals surface area contributed by atoms with Crippen LogP contribution >= 0.6 is 81.2 Å². The zero-order chi connectivity index (χ0) is 32.8. The minimum Gasteiger partial charge on any atom is -0.478 e. The molecule has 3 rings (SSSR count). The number of benzene rings is 3. The van der Waals surface area contributed by atoms with Crippen molar-refractivity contribution in [3.63, 3.8) is 0 Å². The Morgan fingerprint density at radius 1 is 0.605 bits per heavy atom. The van der Waals surface area contributed by atoms with Crippen LogP contribution in [0.1, 0.15) is 47.0 Å². The van der Waals surface area contributed by atoms with Crippen LogP contribution in [0.5, 0.6) is 11.5 Å². The molecular weight excluding hydrogens is 733 g/mol. The summed E-state index contributed by atoms with van der Waals surface area (Å²) in [5.41, 5.74) is -5.77. The number of aromatic carboxylic acids is 2. The number of anilines is 1.